The van der Waals surface area contributed by atoms with Gasteiger partial charge < -0.3 is 10.2 Å². The van der Waals surface area contributed by atoms with Gasteiger partial charge in [-0.2, -0.15) is 0 Å². The Morgan fingerprint density at radius 3 is 2.85 bits per heavy atom. The number of rotatable bonds is 5. The van der Waals surface area contributed by atoms with Gasteiger partial charge in [0, 0.05) is 32.1 Å². The zero-order valence-electron chi connectivity index (χ0n) is 15.6. The molecule has 1 aromatic rings. The fourth-order valence-corrected chi connectivity index (χ4v) is 3.93. The summed E-state index contributed by atoms with van der Waals surface area (Å²) < 4.78 is 13.9. The number of hydrogen-bond donors (Lipinski definition) is 1. The molecule has 2 heterocycles. The van der Waals surface area contributed by atoms with Gasteiger partial charge >= 0.3 is 0 Å². The van der Waals surface area contributed by atoms with Gasteiger partial charge in [-0.05, 0) is 44.4 Å². The predicted octanol–water partition coefficient (Wildman–Crippen LogP) is 2.42. The lowest BCUT2D eigenvalue weighted by Crippen LogP contribution is -2.47. The van der Waals surface area contributed by atoms with Crippen molar-refractivity contribution in [3.63, 3.8) is 0 Å². The van der Waals surface area contributed by atoms with Crippen LogP contribution in [0.25, 0.3) is 0 Å². The molecule has 142 valence electrons. The Hall–Kier alpha value is -1.95. The topological polar surface area (TPSA) is 52.7 Å². The zero-order valence-corrected chi connectivity index (χ0v) is 15.6. The summed E-state index contributed by atoms with van der Waals surface area (Å²) in [5.74, 6) is -0.477. The molecular formula is C20H28FN3O2. The van der Waals surface area contributed by atoms with Crippen LogP contribution in [0.4, 0.5) is 10.1 Å². The first kappa shape index (κ1) is 18.8. The molecule has 2 aliphatic heterocycles. The normalized spacial score (nSPS) is 25.3. The molecule has 2 amide bonds. The monoisotopic (exact) mass is 361 g/mol. The van der Waals surface area contributed by atoms with Crippen LogP contribution >= 0.6 is 0 Å². The zero-order chi connectivity index (χ0) is 18.7. The van der Waals surface area contributed by atoms with E-state index in [1.165, 1.54) is 23.8 Å². The highest BCUT2D eigenvalue weighted by atomic mass is 19.1. The first-order valence-electron chi connectivity index (χ1n) is 9.52. The van der Waals surface area contributed by atoms with Gasteiger partial charge in [-0.3, -0.25) is 14.5 Å². The molecule has 2 saturated heterocycles. The predicted molar refractivity (Wildman–Crippen MR) is 99.3 cm³/mol. The number of para-hydroxylation sites is 1. The molecule has 2 aliphatic rings. The first-order valence-corrected chi connectivity index (χ1v) is 9.52. The molecule has 0 spiro atoms. The van der Waals surface area contributed by atoms with Crippen molar-refractivity contribution < 1.29 is 14.0 Å². The van der Waals surface area contributed by atoms with E-state index < -0.39 is 11.7 Å². The van der Waals surface area contributed by atoms with Crippen molar-refractivity contribution in [3.8, 4) is 0 Å². The molecule has 3 rings (SSSR count). The second kappa shape index (κ2) is 8.16. The van der Waals surface area contributed by atoms with Crippen LogP contribution in [-0.2, 0) is 9.59 Å². The summed E-state index contributed by atoms with van der Waals surface area (Å²) in [6.45, 7) is 7.35. The summed E-state index contributed by atoms with van der Waals surface area (Å²) in [6.07, 6.45) is 2.61. The van der Waals surface area contributed by atoms with Gasteiger partial charge in [0.1, 0.15) is 5.82 Å². The van der Waals surface area contributed by atoms with Crippen LogP contribution in [0.5, 0.6) is 0 Å². The average Bonchev–Trinajstić information content (AvgIpc) is 3.01. The second-order valence-electron chi connectivity index (χ2n) is 7.69. The minimum Gasteiger partial charge on any atom is -0.354 e. The maximum Gasteiger partial charge on any atom is 0.227 e. The Morgan fingerprint density at radius 2 is 2.12 bits per heavy atom. The van der Waals surface area contributed by atoms with E-state index in [1.807, 2.05) is 0 Å². The maximum absolute atomic E-state index is 13.9. The van der Waals surface area contributed by atoms with Gasteiger partial charge in [-0.25, -0.2) is 4.39 Å². The number of carbonyl (C=O) groups is 2. The molecule has 1 aromatic carbocycles. The lowest BCUT2D eigenvalue weighted by atomic mass is 9.99. The van der Waals surface area contributed by atoms with Gasteiger partial charge in [0.05, 0.1) is 11.6 Å². The number of benzene rings is 1. The standard InChI is InChI=1S/C20H28FN3O2/c1-14-6-5-9-23(12-14)15(2)11-22-20(26)16-10-19(25)24(13-16)18-8-4-3-7-17(18)21/h3-4,7-8,14-16H,5-6,9-13H2,1-2H3,(H,22,26). The van der Waals surface area contributed by atoms with Gasteiger partial charge in [0.15, 0.2) is 0 Å². The van der Waals surface area contributed by atoms with Crippen molar-refractivity contribution in [1.82, 2.24) is 10.2 Å². The van der Waals surface area contributed by atoms with E-state index >= 15 is 0 Å². The van der Waals surface area contributed by atoms with Crippen molar-refractivity contribution in [1.29, 1.82) is 0 Å². The number of carbonyl (C=O) groups excluding carboxylic acids is 2. The third-order valence-corrected chi connectivity index (χ3v) is 5.52. The van der Waals surface area contributed by atoms with E-state index in [0.29, 0.717) is 12.5 Å². The quantitative estimate of drug-likeness (QED) is 0.876. The summed E-state index contributed by atoms with van der Waals surface area (Å²) in [5, 5.41) is 2.99. The summed E-state index contributed by atoms with van der Waals surface area (Å²) in [4.78, 5) is 28.5. The maximum atomic E-state index is 13.9. The largest absolute Gasteiger partial charge is 0.354 e. The van der Waals surface area contributed by atoms with Crippen LogP contribution < -0.4 is 10.2 Å². The number of hydrogen-bond acceptors (Lipinski definition) is 3. The highest BCUT2D eigenvalue weighted by Crippen LogP contribution is 2.27. The van der Waals surface area contributed by atoms with Crippen LogP contribution in [0.2, 0.25) is 0 Å². The van der Waals surface area contributed by atoms with E-state index in [4.69, 9.17) is 0 Å². The summed E-state index contributed by atoms with van der Waals surface area (Å²) in [6, 6.07) is 6.47. The van der Waals surface area contributed by atoms with Crippen LogP contribution in [0, 0.1) is 17.7 Å². The van der Waals surface area contributed by atoms with Crippen molar-refractivity contribution in [2.24, 2.45) is 11.8 Å². The summed E-state index contributed by atoms with van der Waals surface area (Å²) in [7, 11) is 0. The molecule has 0 saturated carbocycles. The summed E-state index contributed by atoms with van der Waals surface area (Å²) in [5.41, 5.74) is 0.253. The van der Waals surface area contributed by atoms with Crippen LogP contribution in [0.15, 0.2) is 24.3 Å². The fourth-order valence-electron chi connectivity index (χ4n) is 3.93. The Bertz CT molecular complexity index is 666. The molecule has 0 radical (unpaired) electrons. The van der Waals surface area contributed by atoms with Crippen LogP contribution in [0.1, 0.15) is 33.1 Å². The lowest BCUT2D eigenvalue weighted by Gasteiger charge is -2.35. The minimum absolute atomic E-state index is 0.117. The third kappa shape index (κ3) is 4.23. The molecule has 0 aromatic heterocycles. The number of nitrogens with zero attached hydrogens (tertiary/aromatic N) is 2. The van der Waals surface area contributed by atoms with E-state index in [2.05, 4.69) is 24.1 Å². The van der Waals surface area contributed by atoms with E-state index in [0.717, 1.165) is 13.1 Å². The Morgan fingerprint density at radius 1 is 1.35 bits per heavy atom. The van der Waals surface area contributed by atoms with E-state index in [-0.39, 0.29) is 36.5 Å². The molecule has 0 aliphatic carbocycles. The van der Waals surface area contributed by atoms with E-state index in [9.17, 15) is 14.0 Å². The molecule has 26 heavy (non-hydrogen) atoms. The molecule has 0 bridgehead atoms. The second-order valence-corrected chi connectivity index (χ2v) is 7.69. The summed E-state index contributed by atoms with van der Waals surface area (Å²) >= 11 is 0. The number of likely N-dealkylation sites (tertiary alicyclic amines) is 1. The fraction of sp³-hybridized carbons (Fsp3) is 0.600. The minimum atomic E-state index is -0.435. The highest BCUT2D eigenvalue weighted by molar-refractivity contribution is 6.00. The SMILES string of the molecule is CC1CCCN(C(C)CNC(=O)C2CC(=O)N(c3ccccc3F)C2)C1. The van der Waals surface area contributed by atoms with Crippen molar-refractivity contribution in [3.05, 3.63) is 30.1 Å². The number of halogens is 1. The number of amides is 2. The molecule has 6 heteroatoms. The number of nitrogens with one attached hydrogen (secondary N) is 1. The highest BCUT2D eigenvalue weighted by Gasteiger charge is 2.36. The van der Waals surface area contributed by atoms with Crippen LogP contribution in [0.3, 0.4) is 0 Å². The van der Waals surface area contributed by atoms with Crippen molar-refractivity contribution in [2.45, 2.75) is 39.2 Å². The Kier molecular flexibility index (Phi) is 5.91. The average molecular weight is 361 g/mol. The van der Waals surface area contributed by atoms with Crippen LogP contribution in [-0.4, -0.2) is 48.9 Å². The molecule has 3 atom stereocenters. The Labute approximate surface area is 154 Å². The molecule has 2 fully saturated rings. The molecule has 1 N–H and O–H groups in total. The van der Waals surface area contributed by atoms with Gasteiger partial charge in [0.2, 0.25) is 11.8 Å². The van der Waals surface area contributed by atoms with Crippen molar-refractivity contribution >= 4 is 17.5 Å². The molecule has 3 unspecified atom stereocenters. The molecular weight excluding hydrogens is 333 g/mol. The third-order valence-electron chi connectivity index (χ3n) is 5.52. The van der Waals surface area contributed by atoms with Gasteiger partial charge in [-0.15, -0.1) is 0 Å². The van der Waals surface area contributed by atoms with Gasteiger partial charge in [0.25, 0.3) is 0 Å². The van der Waals surface area contributed by atoms with Crippen molar-refractivity contribution in [2.75, 3.05) is 31.1 Å². The molecule has 5 nitrogen and oxygen atoms in total. The lowest BCUT2D eigenvalue weighted by molar-refractivity contribution is -0.126. The number of piperidine rings is 1. The van der Waals surface area contributed by atoms with Gasteiger partial charge in [-0.1, -0.05) is 19.1 Å². The first-order chi connectivity index (χ1) is 12.5. The smallest absolute Gasteiger partial charge is 0.227 e. The Balaban J connectivity index is 1.53. The number of anilines is 1. The van der Waals surface area contributed by atoms with E-state index in [1.54, 1.807) is 18.2 Å².